The number of fused-ring (bicyclic) bond motifs is 1. The molecule has 0 aliphatic carbocycles. The molecule has 2 aromatic carbocycles. The number of amides is 2. The normalized spacial score (nSPS) is 11.0. The number of carbonyl (C=O) groups is 2. The fourth-order valence-corrected chi connectivity index (χ4v) is 3.78. The van der Waals surface area contributed by atoms with E-state index >= 15 is 0 Å². The third kappa shape index (κ3) is 4.95. The first-order chi connectivity index (χ1) is 16.0. The van der Waals surface area contributed by atoms with Crippen LogP contribution in [0.15, 0.2) is 54.9 Å². The first-order valence-electron chi connectivity index (χ1n) is 11.1. The van der Waals surface area contributed by atoms with Gasteiger partial charge in [0.2, 0.25) is 5.91 Å². The molecule has 2 amide bonds. The second-order valence-corrected chi connectivity index (χ2v) is 7.93. The molecule has 2 aromatic heterocycles. The molecule has 33 heavy (non-hydrogen) atoms. The average Bonchev–Trinajstić information content (AvgIpc) is 3.42. The van der Waals surface area contributed by atoms with E-state index in [1.54, 1.807) is 19.2 Å². The zero-order chi connectivity index (χ0) is 23.4. The summed E-state index contributed by atoms with van der Waals surface area (Å²) in [6, 6.07) is 13.6. The van der Waals surface area contributed by atoms with Crippen LogP contribution in [0.5, 0.6) is 0 Å². The van der Waals surface area contributed by atoms with Crippen LogP contribution in [0, 0.1) is 0 Å². The molecule has 2 heterocycles. The smallest absolute Gasteiger partial charge is 0.253 e. The Bertz CT molecular complexity index is 1290. The van der Waals surface area contributed by atoms with Gasteiger partial charge in [-0.05, 0) is 24.6 Å². The topological polar surface area (TPSA) is 93.8 Å². The summed E-state index contributed by atoms with van der Waals surface area (Å²) in [4.78, 5) is 30.0. The Kier molecular flexibility index (Phi) is 6.53. The SMILES string of the molecule is CCC(=O)Nc1cc(C(=O)NCc2cnn(CC)c2)c2c(c1)nc(Cc1ccccc1)n2C. The predicted molar refractivity (Wildman–Crippen MR) is 128 cm³/mol. The van der Waals surface area contributed by atoms with Crippen molar-refractivity contribution in [3.05, 3.63) is 77.4 Å². The lowest BCUT2D eigenvalue weighted by Gasteiger charge is -2.11. The summed E-state index contributed by atoms with van der Waals surface area (Å²) < 4.78 is 3.77. The third-order valence-electron chi connectivity index (χ3n) is 5.58. The number of nitrogens with one attached hydrogen (secondary N) is 2. The van der Waals surface area contributed by atoms with Crippen LogP contribution in [-0.2, 0) is 31.4 Å². The Labute approximate surface area is 192 Å². The molecule has 0 radical (unpaired) electrons. The van der Waals surface area contributed by atoms with Gasteiger partial charge in [-0.3, -0.25) is 14.3 Å². The van der Waals surface area contributed by atoms with E-state index in [4.69, 9.17) is 4.98 Å². The van der Waals surface area contributed by atoms with Crippen LogP contribution in [0.3, 0.4) is 0 Å². The first kappa shape index (κ1) is 22.3. The highest BCUT2D eigenvalue weighted by molar-refractivity contribution is 6.07. The molecule has 0 bridgehead atoms. The summed E-state index contributed by atoms with van der Waals surface area (Å²) in [7, 11) is 1.92. The zero-order valence-corrected chi connectivity index (χ0v) is 19.1. The lowest BCUT2D eigenvalue weighted by molar-refractivity contribution is -0.115. The Morgan fingerprint density at radius 1 is 1.06 bits per heavy atom. The molecule has 0 fully saturated rings. The molecule has 0 saturated heterocycles. The van der Waals surface area contributed by atoms with Gasteiger partial charge in [-0.1, -0.05) is 37.3 Å². The highest BCUT2D eigenvalue weighted by Gasteiger charge is 2.19. The lowest BCUT2D eigenvalue weighted by Crippen LogP contribution is -2.23. The van der Waals surface area contributed by atoms with Gasteiger partial charge in [0.05, 0.1) is 22.8 Å². The Hall–Kier alpha value is -3.94. The Balaban J connectivity index is 1.69. The summed E-state index contributed by atoms with van der Waals surface area (Å²) in [5.74, 6) is 0.493. The number of benzene rings is 2. The lowest BCUT2D eigenvalue weighted by atomic mass is 10.1. The monoisotopic (exact) mass is 444 g/mol. The number of aryl methyl sites for hydroxylation is 2. The number of imidazole rings is 1. The highest BCUT2D eigenvalue weighted by atomic mass is 16.2. The molecule has 4 aromatic rings. The molecule has 8 nitrogen and oxygen atoms in total. The minimum absolute atomic E-state index is 0.117. The summed E-state index contributed by atoms with van der Waals surface area (Å²) in [6.45, 7) is 4.93. The third-order valence-corrected chi connectivity index (χ3v) is 5.58. The van der Waals surface area contributed by atoms with Crippen LogP contribution in [0.25, 0.3) is 11.0 Å². The average molecular weight is 445 g/mol. The number of hydrogen-bond donors (Lipinski definition) is 2. The van der Waals surface area contributed by atoms with Gasteiger partial charge in [0.15, 0.2) is 0 Å². The van der Waals surface area contributed by atoms with Gasteiger partial charge in [0.1, 0.15) is 5.82 Å². The summed E-state index contributed by atoms with van der Waals surface area (Å²) in [6.07, 6.45) is 4.65. The second-order valence-electron chi connectivity index (χ2n) is 7.93. The van der Waals surface area contributed by atoms with Crippen molar-refractivity contribution in [2.45, 2.75) is 39.8 Å². The number of nitrogens with zero attached hydrogens (tertiary/aromatic N) is 4. The van der Waals surface area contributed by atoms with Crippen LogP contribution < -0.4 is 10.6 Å². The van der Waals surface area contributed by atoms with Gasteiger partial charge in [-0.25, -0.2) is 4.98 Å². The maximum absolute atomic E-state index is 13.2. The summed E-state index contributed by atoms with van der Waals surface area (Å²) >= 11 is 0. The molecule has 8 heteroatoms. The van der Waals surface area contributed by atoms with Crippen molar-refractivity contribution < 1.29 is 9.59 Å². The van der Waals surface area contributed by atoms with Crippen LogP contribution in [-0.4, -0.2) is 31.1 Å². The molecule has 4 rings (SSSR count). The van der Waals surface area contributed by atoms with Crippen molar-refractivity contribution in [1.82, 2.24) is 24.6 Å². The van der Waals surface area contributed by atoms with Crippen molar-refractivity contribution in [3.63, 3.8) is 0 Å². The van der Waals surface area contributed by atoms with Crippen LogP contribution >= 0.6 is 0 Å². The maximum atomic E-state index is 13.2. The second kappa shape index (κ2) is 9.68. The Morgan fingerprint density at radius 2 is 1.85 bits per heavy atom. The standard InChI is InChI=1S/C25H28N6O2/c1-4-23(32)28-19-12-20(25(33)26-14-18-15-27-31(5-2)16-18)24-21(13-19)29-22(30(24)3)11-17-9-7-6-8-10-17/h6-10,12-13,15-16H,4-5,11,14H2,1-3H3,(H,26,33)(H,28,32). The summed E-state index contributed by atoms with van der Waals surface area (Å²) in [5.41, 5.74) is 4.48. The van der Waals surface area contributed by atoms with Gasteiger partial charge >= 0.3 is 0 Å². The number of hydrogen-bond acceptors (Lipinski definition) is 4. The molecule has 0 aliphatic heterocycles. The minimum atomic E-state index is -0.230. The van der Waals surface area contributed by atoms with Crippen molar-refractivity contribution in [2.75, 3.05) is 5.32 Å². The number of anilines is 1. The van der Waals surface area contributed by atoms with Gasteiger partial charge < -0.3 is 15.2 Å². The number of rotatable bonds is 8. The molecule has 0 saturated carbocycles. The fraction of sp³-hybridized carbons (Fsp3) is 0.280. The minimum Gasteiger partial charge on any atom is -0.348 e. The zero-order valence-electron chi connectivity index (χ0n) is 19.1. The number of aromatic nitrogens is 4. The van der Waals surface area contributed by atoms with Gasteiger partial charge in [-0.2, -0.15) is 5.10 Å². The molecule has 0 atom stereocenters. The first-order valence-corrected chi connectivity index (χ1v) is 11.1. The predicted octanol–water partition coefficient (Wildman–Crippen LogP) is 3.66. The van der Waals surface area contributed by atoms with E-state index in [2.05, 4.69) is 27.9 Å². The van der Waals surface area contributed by atoms with E-state index in [1.165, 1.54) is 0 Å². The van der Waals surface area contributed by atoms with Gasteiger partial charge in [0, 0.05) is 50.4 Å². The van der Waals surface area contributed by atoms with E-state index in [0.717, 1.165) is 29.0 Å². The van der Waals surface area contributed by atoms with E-state index in [9.17, 15) is 9.59 Å². The molecular weight excluding hydrogens is 416 g/mol. The van der Waals surface area contributed by atoms with E-state index in [1.807, 2.05) is 53.7 Å². The highest BCUT2D eigenvalue weighted by Crippen LogP contribution is 2.26. The number of carbonyl (C=O) groups excluding carboxylic acids is 2. The molecule has 170 valence electrons. The maximum Gasteiger partial charge on any atom is 0.253 e. The largest absolute Gasteiger partial charge is 0.348 e. The van der Waals surface area contributed by atoms with E-state index < -0.39 is 0 Å². The fourth-order valence-electron chi connectivity index (χ4n) is 3.78. The van der Waals surface area contributed by atoms with Crippen molar-refractivity contribution in [3.8, 4) is 0 Å². The van der Waals surface area contributed by atoms with Crippen LogP contribution in [0.1, 0.15) is 47.6 Å². The van der Waals surface area contributed by atoms with Gasteiger partial charge in [-0.15, -0.1) is 0 Å². The molecule has 0 unspecified atom stereocenters. The van der Waals surface area contributed by atoms with Crippen LogP contribution in [0.4, 0.5) is 5.69 Å². The van der Waals surface area contributed by atoms with Crippen molar-refractivity contribution >= 4 is 28.5 Å². The molecule has 0 aliphatic rings. The van der Waals surface area contributed by atoms with Crippen LogP contribution in [0.2, 0.25) is 0 Å². The van der Waals surface area contributed by atoms with Gasteiger partial charge in [0.25, 0.3) is 5.91 Å². The molecule has 2 N–H and O–H groups in total. The van der Waals surface area contributed by atoms with Crippen molar-refractivity contribution in [2.24, 2.45) is 7.05 Å². The molecular formula is C25H28N6O2. The van der Waals surface area contributed by atoms with Crippen molar-refractivity contribution in [1.29, 1.82) is 0 Å². The Morgan fingerprint density at radius 3 is 2.55 bits per heavy atom. The quantitative estimate of drug-likeness (QED) is 0.434. The molecule has 0 spiro atoms. The summed E-state index contributed by atoms with van der Waals surface area (Å²) in [5, 5.41) is 10.1. The van der Waals surface area contributed by atoms with E-state index in [-0.39, 0.29) is 11.8 Å². The van der Waals surface area contributed by atoms with E-state index in [0.29, 0.717) is 36.2 Å².